The highest BCUT2D eigenvalue weighted by Crippen LogP contribution is 2.00. The van der Waals surface area contributed by atoms with E-state index in [-0.39, 0.29) is 5.11 Å². The zero-order valence-corrected chi connectivity index (χ0v) is 8.01. The minimum absolute atomic E-state index is 0.151. The van der Waals surface area contributed by atoms with Crippen LogP contribution in [0.4, 0.5) is 0 Å². The minimum atomic E-state index is 0.151. The van der Waals surface area contributed by atoms with Crippen LogP contribution in [0.1, 0.15) is 11.1 Å². The molecule has 0 atom stereocenters. The number of hydrogen-bond donors (Lipinski definition) is 2. The van der Waals surface area contributed by atoms with Crippen LogP contribution in [-0.2, 0) is 0 Å². The summed E-state index contributed by atoms with van der Waals surface area (Å²) in [6, 6.07) is 1.90. The molecule has 3 N–H and O–H groups in total. The molecule has 0 radical (unpaired) electrons. The molecule has 68 valence electrons. The van der Waals surface area contributed by atoms with Gasteiger partial charge in [-0.25, -0.2) is 0 Å². The molecule has 0 amide bonds. The van der Waals surface area contributed by atoms with Gasteiger partial charge in [-0.2, -0.15) is 5.10 Å². The van der Waals surface area contributed by atoms with E-state index < -0.39 is 0 Å². The number of nitrogens with one attached hydrogen (secondary N) is 1. The smallest absolute Gasteiger partial charge is 0.184 e. The molecule has 0 saturated carbocycles. The van der Waals surface area contributed by atoms with E-state index in [2.05, 4.69) is 27.7 Å². The Balaban J connectivity index is 2.68. The fraction of sp³-hybridized carbons (Fsp3) is 0.125. The summed E-state index contributed by atoms with van der Waals surface area (Å²) in [4.78, 5) is 3.96. The lowest BCUT2D eigenvalue weighted by atomic mass is 10.2. The zero-order chi connectivity index (χ0) is 9.68. The molecular weight excluding hydrogens is 184 g/mol. The van der Waals surface area contributed by atoms with E-state index in [0.717, 1.165) is 11.1 Å². The van der Waals surface area contributed by atoms with Gasteiger partial charge in [-0.15, -0.1) is 0 Å². The van der Waals surface area contributed by atoms with E-state index in [1.165, 1.54) is 0 Å². The molecule has 0 aromatic carbocycles. The molecular formula is C8H10N4S. The van der Waals surface area contributed by atoms with Crippen molar-refractivity contribution in [1.29, 1.82) is 0 Å². The summed E-state index contributed by atoms with van der Waals surface area (Å²) in [7, 11) is 0. The van der Waals surface area contributed by atoms with Gasteiger partial charge in [0.05, 0.1) is 6.21 Å². The first-order valence-electron chi connectivity index (χ1n) is 3.69. The number of rotatable bonds is 2. The van der Waals surface area contributed by atoms with Crippen molar-refractivity contribution in [2.24, 2.45) is 10.8 Å². The number of hydrazone groups is 1. The van der Waals surface area contributed by atoms with Crippen LogP contribution in [0.25, 0.3) is 0 Å². The van der Waals surface area contributed by atoms with Crippen molar-refractivity contribution in [3.8, 4) is 0 Å². The molecule has 0 aliphatic heterocycles. The third-order valence-electron chi connectivity index (χ3n) is 1.46. The van der Waals surface area contributed by atoms with Gasteiger partial charge in [-0.3, -0.25) is 10.4 Å². The van der Waals surface area contributed by atoms with Crippen LogP contribution in [0.5, 0.6) is 0 Å². The summed E-state index contributed by atoms with van der Waals surface area (Å²) in [5, 5.41) is 3.97. The second-order valence-electron chi connectivity index (χ2n) is 2.47. The number of nitrogens with zero attached hydrogens (tertiary/aromatic N) is 2. The Morgan fingerprint density at radius 2 is 2.54 bits per heavy atom. The van der Waals surface area contributed by atoms with Gasteiger partial charge in [0, 0.05) is 18.0 Å². The van der Waals surface area contributed by atoms with E-state index in [0.29, 0.717) is 0 Å². The molecule has 1 aromatic rings. The Kier molecular flexibility index (Phi) is 3.33. The Labute approximate surface area is 81.9 Å². The van der Waals surface area contributed by atoms with Crippen LogP contribution in [0, 0.1) is 6.92 Å². The van der Waals surface area contributed by atoms with E-state index in [1.807, 2.05) is 13.0 Å². The molecule has 0 spiro atoms. The number of nitrogens with two attached hydrogens (primary N) is 1. The van der Waals surface area contributed by atoms with Crippen molar-refractivity contribution in [2.45, 2.75) is 6.92 Å². The monoisotopic (exact) mass is 194 g/mol. The van der Waals surface area contributed by atoms with Crippen molar-refractivity contribution >= 4 is 23.5 Å². The summed E-state index contributed by atoms with van der Waals surface area (Å²) in [6.07, 6.45) is 5.08. The lowest BCUT2D eigenvalue weighted by Crippen LogP contribution is -2.24. The Morgan fingerprint density at radius 3 is 3.15 bits per heavy atom. The quantitative estimate of drug-likeness (QED) is 0.410. The molecule has 1 aromatic heterocycles. The Hall–Kier alpha value is -1.49. The first-order valence-corrected chi connectivity index (χ1v) is 4.10. The molecule has 1 heterocycles. The fourth-order valence-electron chi connectivity index (χ4n) is 0.777. The summed E-state index contributed by atoms with van der Waals surface area (Å²) < 4.78 is 0. The van der Waals surface area contributed by atoms with Crippen LogP contribution in [0.2, 0.25) is 0 Å². The summed E-state index contributed by atoms with van der Waals surface area (Å²) in [5.74, 6) is 0. The second kappa shape index (κ2) is 4.51. The summed E-state index contributed by atoms with van der Waals surface area (Å²) >= 11 is 4.58. The third-order valence-corrected chi connectivity index (χ3v) is 1.55. The topological polar surface area (TPSA) is 63.3 Å². The van der Waals surface area contributed by atoms with E-state index in [1.54, 1.807) is 18.6 Å². The standard InChI is InChI=1S/C8H10N4S/c1-6-2-3-10-4-7(6)5-11-12-8(9)13/h2-5H,1H3,(H3,9,12,13)/b11-5+. The van der Waals surface area contributed by atoms with Gasteiger partial charge in [-0.05, 0) is 30.8 Å². The van der Waals surface area contributed by atoms with Gasteiger partial charge in [0.25, 0.3) is 0 Å². The highest BCUT2D eigenvalue weighted by molar-refractivity contribution is 7.80. The van der Waals surface area contributed by atoms with Crippen LogP contribution in [0.3, 0.4) is 0 Å². The normalized spacial score (nSPS) is 10.2. The van der Waals surface area contributed by atoms with Crippen molar-refractivity contribution in [1.82, 2.24) is 10.4 Å². The summed E-state index contributed by atoms with van der Waals surface area (Å²) in [5.41, 5.74) is 9.69. The van der Waals surface area contributed by atoms with Gasteiger partial charge in [0.2, 0.25) is 0 Å². The molecule has 0 aliphatic rings. The van der Waals surface area contributed by atoms with Gasteiger partial charge in [0.1, 0.15) is 0 Å². The fourth-order valence-corrected chi connectivity index (χ4v) is 0.830. The number of hydrogen-bond acceptors (Lipinski definition) is 3. The van der Waals surface area contributed by atoms with Gasteiger partial charge < -0.3 is 5.73 Å². The predicted molar refractivity (Wildman–Crippen MR) is 56.5 cm³/mol. The molecule has 13 heavy (non-hydrogen) atoms. The van der Waals surface area contributed by atoms with E-state index in [4.69, 9.17) is 5.73 Å². The molecule has 4 nitrogen and oxygen atoms in total. The van der Waals surface area contributed by atoms with E-state index >= 15 is 0 Å². The maximum absolute atomic E-state index is 5.19. The average molecular weight is 194 g/mol. The first-order chi connectivity index (χ1) is 6.20. The first kappa shape index (κ1) is 9.60. The Morgan fingerprint density at radius 1 is 1.77 bits per heavy atom. The number of pyridine rings is 1. The SMILES string of the molecule is Cc1ccncc1/C=N/NC(N)=S. The molecule has 0 unspecified atom stereocenters. The average Bonchev–Trinajstić information content (AvgIpc) is 2.08. The van der Waals surface area contributed by atoms with Crippen LogP contribution < -0.4 is 11.2 Å². The molecule has 0 bridgehead atoms. The molecule has 0 fully saturated rings. The highest BCUT2D eigenvalue weighted by atomic mass is 32.1. The Bertz CT molecular complexity index is 335. The van der Waals surface area contributed by atoms with Gasteiger partial charge >= 0.3 is 0 Å². The summed E-state index contributed by atoms with van der Waals surface area (Å²) in [6.45, 7) is 1.98. The molecule has 0 saturated heterocycles. The highest BCUT2D eigenvalue weighted by Gasteiger charge is 1.91. The van der Waals surface area contributed by atoms with E-state index in [9.17, 15) is 0 Å². The van der Waals surface area contributed by atoms with Crippen molar-refractivity contribution in [2.75, 3.05) is 0 Å². The number of thiocarbonyl (C=S) groups is 1. The van der Waals surface area contributed by atoms with Crippen LogP contribution in [-0.4, -0.2) is 16.3 Å². The van der Waals surface area contributed by atoms with Crippen molar-refractivity contribution in [3.63, 3.8) is 0 Å². The largest absolute Gasteiger partial charge is 0.375 e. The van der Waals surface area contributed by atoms with Gasteiger partial charge in [0.15, 0.2) is 5.11 Å². The molecule has 5 heteroatoms. The minimum Gasteiger partial charge on any atom is -0.375 e. The number of aromatic nitrogens is 1. The van der Waals surface area contributed by atoms with Crippen LogP contribution >= 0.6 is 12.2 Å². The third kappa shape index (κ3) is 3.16. The van der Waals surface area contributed by atoms with Crippen molar-refractivity contribution in [3.05, 3.63) is 29.6 Å². The maximum Gasteiger partial charge on any atom is 0.184 e. The lowest BCUT2D eigenvalue weighted by Gasteiger charge is -1.97. The lowest BCUT2D eigenvalue weighted by molar-refractivity contribution is 1.04. The maximum atomic E-state index is 5.19. The predicted octanol–water partition coefficient (Wildman–Crippen LogP) is 0.557. The second-order valence-corrected chi connectivity index (χ2v) is 2.91. The van der Waals surface area contributed by atoms with Crippen LogP contribution in [0.15, 0.2) is 23.6 Å². The number of aryl methyl sites for hydroxylation is 1. The molecule has 0 aliphatic carbocycles. The van der Waals surface area contributed by atoms with Crippen molar-refractivity contribution < 1.29 is 0 Å². The van der Waals surface area contributed by atoms with Gasteiger partial charge in [-0.1, -0.05) is 0 Å². The zero-order valence-electron chi connectivity index (χ0n) is 7.19. The molecule has 1 rings (SSSR count).